The van der Waals surface area contributed by atoms with E-state index in [2.05, 4.69) is 4.98 Å². The highest BCUT2D eigenvalue weighted by Crippen LogP contribution is 2.33. The largest absolute Gasteiger partial charge is 0.305 e. The van der Waals surface area contributed by atoms with Gasteiger partial charge in [-0.15, -0.1) is 0 Å². The van der Waals surface area contributed by atoms with Crippen LogP contribution in [0.4, 0.5) is 14.5 Å². The summed E-state index contributed by atoms with van der Waals surface area (Å²) in [6.45, 7) is 3.75. The van der Waals surface area contributed by atoms with Gasteiger partial charge >= 0.3 is 0 Å². The maximum Gasteiger partial charge on any atom is 0.260 e. The summed E-state index contributed by atoms with van der Waals surface area (Å²) in [5, 5.41) is 0.586. The highest BCUT2D eigenvalue weighted by atomic mass is 19.1. The number of pyridine rings is 1. The third kappa shape index (κ3) is 2.73. The lowest BCUT2D eigenvalue weighted by Crippen LogP contribution is -2.42. The molecule has 0 saturated carbocycles. The molecule has 0 N–H and O–H groups in total. The third-order valence-electron chi connectivity index (χ3n) is 4.99. The van der Waals surface area contributed by atoms with Crippen LogP contribution in [0.3, 0.4) is 0 Å². The molecule has 1 unspecified atom stereocenters. The molecule has 0 spiro atoms. The second-order valence-corrected chi connectivity index (χ2v) is 6.79. The summed E-state index contributed by atoms with van der Waals surface area (Å²) in [5.41, 5.74) is 3.24. The molecule has 1 amide bonds. The van der Waals surface area contributed by atoms with Crippen molar-refractivity contribution in [2.75, 3.05) is 4.90 Å². The van der Waals surface area contributed by atoms with Gasteiger partial charge in [0, 0.05) is 17.1 Å². The van der Waals surface area contributed by atoms with Crippen molar-refractivity contribution >= 4 is 22.5 Å². The quantitative estimate of drug-likeness (QED) is 0.630. The standard InChI is InChI=1S/C21H18F2N2O/c1-12-3-4-14-9-17(23)6-8-20(14)25(12)21(26)18-11-15-10-16(22)5-7-19(15)24-13(18)2/h5-12H,3-4H2,1-2H3. The van der Waals surface area contributed by atoms with E-state index in [1.54, 1.807) is 30.0 Å². The molecule has 3 aromatic rings. The molecule has 0 bridgehead atoms. The maximum absolute atomic E-state index is 13.6. The first-order valence-corrected chi connectivity index (χ1v) is 8.63. The Hall–Kier alpha value is -2.82. The first-order chi connectivity index (χ1) is 12.4. The highest BCUT2D eigenvalue weighted by Gasteiger charge is 2.30. The van der Waals surface area contributed by atoms with Gasteiger partial charge in [-0.1, -0.05) is 0 Å². The molecule has 1 aliphatic rings. The maximum atomic E-state index is 13.6. The molecule has 0 aliphatic carbocycles. The lowest BCUT2D eigenvalue weighted by molar-refractivity contribution is 0.0974. The number of carbonyl (C=O) groups excluding carboxylic acids is 1. The van der Waals surface area contributed by atoms with Crippen molar-refractivity contribution in [2.24, 2.45) is 0 Å². The summed E-state index contributed by atoms with van der Waals surface area (Å²) >= 11 is 0. The van der Waals surface area contributed by atoms with Gasteiger partial charge in [0.25, 0.3) is 5.91 Å². The predicted octanol–water partition coefficient (Wildman–Crippen LogP) is 4.80. The minimum atomic E-state index is -0.367. The predicted molar refractivity (Wildman–Crippen MR) is 97.4 cm³/mol. The minimum Gasteiger partial charge on any atom is -0.305 e. The number of anilines is 1. The van der Waals surface area contributed by atoms with Gasteiger partial charge in [-0.3, -0.25) is 9.78 Å². The first-order valence-electron chi connectivity index (χ1n) is 8.63. The fourth-order valence-corrected chi connectivity index (χ4v) is 3.62. The van der Waals surface area contributed by atoms with Gasteiger partial charge in [0.15, 0.2) is 0 Å². The van der Waals surface area contributed by atoms with E-state index in [9.17, 15) is 13.6 Å². The normalized spacial score (nSPS) is 16.6. The molecule has 1 atom stereocenters. The number of benzene rings is 2. The summed E-state index contributed by atoms with van der Waals surface area (Å²) in [6, 6.07) is 10.5. The molecular weight excluding hydrogens is 334 g/mol. The van der Waals surface area contributed by atoms with Crippen molar-refractivity contribution in [2.45, 2.75) is 32.7 Å². The number of nitrogens with zero attached hydrogens (tertiary/aromatic N) is 2. The Labute approximate surface area is 150 Å². The number of fused-ring (bicyclic) bond motifs is 2. The molecular formula is C21H18F2N2O. The van der Waals surface area contributed by atoms with Crippen molar-refractivity contribution in [3.05, 3.63) is 70.9 Å². The number of carbonyl (C=O) groups is 1. The van der Waals surface area contributed by atoms with Crippen LogP contribution in [0.2, 0.25) is 0 Å². The molecule has 5 heteroatoms. The number of halogens is 2. The van der Waals surface area contributed by atoms with Crippen molar-refractivity contribution in [3.8, 4) is 0 Å². The number of hydrogen-bond donors (Lipinski definition) is 0. The summed E-state index contributed by atoms with van der Waals surface area (Å²) in [6.07, 6.45) is 1.50. The number of aryl methyl sites for hydroxylation is 2. The van der Waals surface area contributed by atoms with Crippen LogP contribution in [0, 0.1) is 18.6 Å². The van der Waals surface area contributed by atoms with Crippen LogP contribution in [-0.2, 0) is 6.42 Å². The molecule has 132 valence electrons. The Kier molecular flexibility index (Phi) is 3.94. The van der Waals surface area contributed by atoms with E-state index in [4.69, 9.17) is 0 Å². The van der Waals surface area contributed by atoms with Crippen LogP contribution in [-0.4, -0.2) is 16.9 Å². The zero-order valence-electron chi connectivity index (χ0n) is 14.6. The van der Waals surface area contributed by atoms with Crippen LogP contribution < -0.4 is 4.90 Å². The summed E-state index contributed by atoms with van der Waals surface area (Å²) in [5.74, 6) is -0.861. The number of aromatic nitrogens is 1. The Morgan fingerprint density at radius 2 is 1.85 bits per heavy atom. The average Bonchev–Trinajstić information content (AvgIpc) is 2.61. The van der Waals surface area contributed by atoms with E-state index < -0.39 is 0 Å². The Morgan fingerprint density at radius 1 is 1.12 bits per heavy atom. The van der Waals surface area contributed by atoms with Crippen LogP contribution in [0.25, 0.3) is 10.9 Å². The molecule has 2 aromatic carbocycles. The van der Waals surface area contributed by atoms with E-state index >= 15 is 0 Å². The molecule has 2 heterocycles. The van der Waals surface area contributed by atoms with Crippen molar-refractivity contribution in [1.82, 2.24) is 4.98 Å². The van der Waals surface area contributed by atoms with Crippen LogP contribution >= 0.6 is 0 Å². The third-order valence-corrected chi connectivity index (χ3v) is 4.99. The van der Waals surface area contributed by atoms with Gasteiger partial charge in [0.2, 0.25) is 0 Å². The molecule has 26 heavy (non-hydrogen) atoms. The first kappa shape index (κ1) is 16.6. The van der Waals surface area contributed by atoms with E-state index in [1.165, 1.54) is 24.3 Å². The Bertz CT molecular complexity index is 1030. The number of amides is 1. The molecule has 4 rings (SSSR count). The van der Waals surface area contributed by atoms with Crippen molar-refractivity contribution in [3.63, 3.8) is 0 Å². The molecule has 0 radical (unpaired) electrons. The van der Waals surface area contributed by atoms with Gasteiger partial charge in [0.05, 0.1) is 16.8 Å². The second kappa shape index (κ2) is 6.16. The SMILES string of the molecule is Cc1nc2ccc(F)cc2cc1C(=O)N1c2ccc(F)cc2CCC1C. The Morgan fingerprint density at radius 3 is 2.65 bits per heavy atom. The van der Waals surface area contributed by atoms with E-state index in [-0.39, 0.29) is 23.6 Å². The molecule has 1 aromatic heterocycles. The van der Waals surface area contributed by atoms with Gasteiger partial charge in [0.1, 0.15) is 11.6 Å². The zero-order valence-corrected chi connectivity index (χ0v) is 14.6. The monoisotopic (exact) mass is 352 g/mol. The topological polar surface area (TPSA) is 33.2 Å². The fourth-order valence-electron chi connectivity index (χ4n) is 3.62. The molecule has 0 saturated heterocycles. The smallest absolute Gasteiger partial charge is 0.260 e. The van der Waals surface area contributed by atoms with Crippen LogP contribution in [0.5, 0.6) is 0 Å². The van der Waals surface area contributed by atoms with E-state index in [0.29, 0.717) is 22.2 Å². The fraction of sp³-hybridized carbons (Fsp3) is 0.238. The van der Waals surface area contributed by atoms with Gasteiger partial charge in [-0.2, -0.15) is 0 Å². The lowest BCUT2D eigenvalue weighted by atomic mass is 9.95. The number of rotatable bonds is 1. The number of hydrogen-bond acceptors (Lipinski definition) is 2. The van der Waals surface area contributed by atoms with Crippen LogP contribution in [0.1, 0.15) is 35.0 Å². The van der Waals surface area contributed by atoms with Gasteiger partial charge in [-0.05, 0) is 74.7 Å². The minimum absolute atomic E-state index is 0.0110. The van der Waals surface area contributed by atoms with Gasteiger partial charge < -0.3 is 4.90 Å². The second-order valence-electron chi connectivity index (χ2n) is 6.79. The molecule has 3 nitrogen and oxygen atoms in total. The van der Waals surface area contributed by atoms with E-state index in [0.717, 1.165) is 24.1 Å². The zero-order chi connectivity index (χ0) is 18.4. The average molecular weight is 352 g/mol. The Balaban J connectivity index is 1.83. The van der Waals surface area contributed by atoms with Crippen LogP contribution in [0.15, 0.2) is 42.5 Å². The summed E-state index contributed by atoms with van der Waals surface area (Å²) < 4.78 is 27.1. The molecule has 1 aliphatic heterocycles. The summed E-state index contributed by atoms with van der Waals surface area (Å²) in [7, 11) is 0. The van der Waals surface area contributed by atoms with Crippen molar-refractivity contribution in [1.29, 1.82) is 0 Å². The highest BCUT2D eigenvalue weighted by molar-refractivity contribution is 6.09. The lowest BCUT2D eigenvalue weighted by Gasteiger charge is -2.35. The summed E-state index contributed by atoms with van der Waals surface area (Å²) in [4.78, 5) is 19.5. The molecule has 0 fully saturated rings. The van der Waals surface area contributed by atoms with Crippen molar-refractivity contribution < 1.29 is 13.6 Å². The van der Waals surface area contributed by atoms with Gasteiger partial charge in [-0.25, -0.2) is 8.78 Å². The van der Waals surface area contributed by atoms with E-state index in [1.807, 2.05) is 6.92 Å².